The first-order valence-corrected chi connectivity index (χ1v) is 5.30. The Bertz CT molecular complexity index is 547. The lowest BCUT2D eigenvalue weighted by Gasteiger charge is -2.13. The third-order valence-electron chi connectivity index (χ3n) is 2.42. The number of rotatable bonds is 1. The van der Waals surface area contributed by atoms with Crippen LogP contribution in [0.25, 0.3) is 11.1 Å². The second kappa shape index (κ2) is 3.44. The van der Waals surface area contributed by atoms with Crippen LogP contribution in [-0.2, 0) is 0 Å². The number of aryl methyl sites for hydroxylation is 1. The third-order valence-corrected chi connectivity index (χ3v) is 2.42. The highest BCUT2D eigenvalue weighted by molar-refractivity contribution is 6.00. The highest BCUT2D eigenvalue weighted by Gasteiger charge is 2.26. The lowest BCUT2D eigenvalue weighted by Crippen LogP contribution is -2.19. The van der Waals surface area contributed by atoms with Gasteiger partial charge in [-0.2, -0.15) is 0 Å². The van der Waals surface area contributed by atoms with Crippen LogP contribution in [0.4, 0.5) is 0 Å². The molecule has 0 fully saturated rings. The van der Waals surface area contributed by atoms with E-state index in [0.717, 1.165) is 11.2 Å². The highest BCUT2D eigenvalue weighted by Crippen LogP contribution is 2.25. The van der Waals surface area contributed by atoms with Crippen LogP contribution in [0.15, 0.2) is 22.6 Å². The third kappa shape index (κ3) is 1.85. The molecule has 2 aromatic heterocycles. The Kier molecular flexibility index (Phi) is 2.34. The van der Waals surface area contributed by atoms with E-state index >= 15 is 0 Å². The van der Waals surface area contributed by atoms with Crippen LogP contribution < -0.4 is 0 Å². The summed E-state index contributed by atoms with van der Waals surface area (Å²) < 4.78 is 5.50. The molecule has 2 rings (SSSR count). The van der Waals surface area contributed by atoms with E-state index in [9.17, 15) is 4.79 Å². The zero-order chi connectivity index (χ0) is 11.9. The Balaban J connectivity index is 2.52. The SMILES string of the molecule is Cc1ccc2oc(C(=O)C(C)(C)C)cc2n1. The number of hydrogen-bond acceptors (Lipinski definition) is 3. The van der Waals surface area contributed by atoms with Gasteiger partial charge in [-0.25, -0.2) is 4.98 Å². The summed E-state index contributed by atoms with van der Waals surface area (Å²) in [4.78, 5) is 16.3. The molecule has 0 aliphatic carbocycles. The number of fused-ring (bicyclic) bond motifs is 1. The lowest BCUT2D eigenvalue weighted by molar-refractivity contribution is 0.0831. The summed E-state index contributed by atoms with van der Waals surface area (Å²) in [5.74, 6) is 0.392. The van der Waals surface area contributed by atoms with E-state index in [1.165, 1.54) is 0 Å². The minimum atomic E-state index is -0.428. The van der Waals surface area contributed by atoms with Gasteiger partial charge < -0.3 is 4.42 Å². The number of Topliss-reactive ketones (excluding diaryl/α,β-unsaturated/α-hetero) is 1. The van der Waals surface area contributed by atoms with Crippen molar-refractivity contribution < 1.29 is 9.21 Å². The first kappa shape index (κ1) is 10.9. The van der Waals surface area contributed by atoms with Crippen molar-refractivity contribution in [1.82, 2.24) is 4.98 Å². The maximum Gasteiger partial charge on any atom is 0.203 e. The summed E-state index contributed by atoms with van der Waals surface area (Å²) in [5.41, 5.74) is 1.90. The maximum absolute atomic E-state index is 12.0. The zero-order valence-corrected chi connectivity index (χ0v) is 10.00. The predicted molar refractivity (Wildman–Crippen MR) is 62.5 cm³/mol. The number of furan rings is 1. The molecule has 0 atom stereocenters. The van der Waals surface area contributed by atoms with Gasteiger partial charge in [0.15, 0.2) is 11.3 Å². The number of carbonyl (C=O) groups is 1. The first-order chi connectivity index (χ1) is 7.38. The maximum atomic E-state index is 12.0. The fourth-order valence-electron chi connectivity index (χ4n) is 1.51. The second-order valence-corrected chi connectivity index (χ2v) is 5.03. The molecule has 0 unspecified atom stereocenters. The van der Waals surface area contributed by atoms with E-state index in [2.05, 4.69) is 4.98 Å². The molecular formula is C13H15NO2. The van der Waals surface area contributed by atoms with Crippen molar-refractivity contribution in [1.29, 1.82) is 0 Å². The molecule has 3 nitrogen and oxygen atoms in total. The van der Waals surface area contributed by atoms with Crippen molar-refractivity contribution in [3.63, 3.8) is 0 Å². The Labute approximate surface area is 94.5 Å². The van der Waals surface area contributed by atoms with Gasteiger partial charge in [-0.3, -0.25) is 4.79 Å². The molecule has 0 spiro atoms. The number of ketones is 1. The fourth-order valence-corrected chi connectivity index (χ4v) is 1.51. The Hall–Kier alpha value is -1.64. The Morgan fingerprint density at radius 3 is 2.62 bits per heavy atom. The van der Waals surface area contributed by atoms with Gasteiger partial charge in [0.2, 0.25) is 5.78 Å². The quantitative estimate of drug-likeness (QED) is 0.688. The van der Waals surface area contributed by atoms with Crippen molar-refractivity contribution in [3.05, 3.63) is 29.7 Å². The summed E-state index contributed by atoms with van der Waals surface area (Å²) in [5, 5.41) is 0. The second-order valence-electron chi connectivity index (χ2n) is 5.03. The highest BCUT2D eigenvalue weighted by atomic mass is 16.3. The molecule has 0 bridgehead atoms. The van der Waals surface area contributed by atoms with E-state index in [1.54, 1.807) is 6.07 Å². The number of hydrogen-bond donors (Lipinski definition) is 0. The van der Waals surface area contributed by atoms with Gasteiger partial charge in [-0.05, 0) is 19.1 Å². The number of carbonyl (C=O) groups excluding carboxylic acids is 1. The van der Waals surface area contributed by atoms with Crippen molar-refractivity contribution in [3.8, 4) is 0 Å². The van der Waals surface area contributed by atoms with Crippen LogP contribution in [0, 0.1) is 12.3 Å². The van der Waals surface area contributed by atoms with Crippen molar-refractivity contribution in [2.75, 3.05) is 0 Å². The largest absolute Gasteiger partial charge is 0.451 e. The lowest BCUT2D eigenvalue weighted by atomic mass is 9.89. The van der Waals surface area contributed by atoms with E-state index in [4.69, 9.17) is 4.42 Å². The predicted octanol–water partition coefficient (Wildman–Crippen LogP) is 3.37. The van der Waals surface area contributed by atoms with Crippen molar-refractivity contribution in [2.45, 2.75) is 27.7 Å². The van der Waals surface area contributed by atoms with E-state index in [1.807, 2.05) is 39.8 Å². The van der Waals surface area contributed by atoms with Gasteiger partial charge in [0.25, 0.3) is 0 Å². The average Bonchev–Trinajstić information content (AvgIpc) is 2.57. The molecule has 2 aromatic rings. The molecule has 0 aliphatic rings. The standard InChI is InChI=1S/C13H15NO2/c1-8-5-6-10-9(14-8)7-11(16-10)12(15)13(2,3)4/h5-7H,1-4H3. The molecule has 0 saturated heterocycles. The van der Waals surface area contributed by atoms with Gasteiger partial charge in [-0.15, -0.1) is 0 Å². The number of pyridine rings is 1. The van der Waals surface area contributed by atoms with E-state index in [0.29, 0.717) is 11.3 Å². The Morgan fingerprint density at radius 1 is 1.31 bits per heavy atom. The summed E-state index contributed by atoms with van der Waals surface area (Å²) in [6.07, 6.45) is 0. The van der Waals surface area contributed by atoms with Crippen LogP contribution in [0.3, 0.4) is 0 Å². The van der Waals surface area contributed by atoms with Crippen LogP contribution in [0.1, 0.15) is 37.0 Å². The van der Waals surface area contributed by atoms with E-state index < -0.39 is 5.41 Å². The van der Waals surface area contributed by atoms with Crippen LogP contribution >= 0.6 is 0 Å². The number of aromatic nitrogens is 1. The molecule has 84 valence electrons. The molecule has 3 heteroatoms. The fraction of sp³-hybridized carbons (Fsp3) is 0.385. The molecule has 2 heterocycles. The minimum absolute atomic E-state index is 0.00292. The molecule has 0 N–H and O–H groups in total. The molecule has 0 saturated carbocycles. The van der Waals surface area contributed by atoms with Gasteiger partial charge >= 0.3 is 0 Å². The van der Waals surface area contributed by atoms with Crippen LogP contribution in [-0.4, -0.2) is 10.8 Å². The molecule has 0 aliphatic heterocycles. The first-order valence-electron chi connectivity index (χ1n) is 5.30. The molecule has 16 heavy (non-hydrogen) atoms. The smallest absolute Gasteiger partial charge is 0.203 e. The normalized spacial score (nSPS) is 12.0. The van der Waals surface area contributed by atoms with Gasteiger partial charge in [0.05, 0.1) is 0 Å². The Morgan fingerprint density at radius 2 is 2.00 bits per heavy atom. The monoisotopic (exact) mass is 217 g/mol. The summed E-state index contributed by atoms with van der Waals surface area (Å²) >= 11 is 0. The van der Waals surface area contributed by atoms with Crippen LogP contribution in [0.5, 0.6) is 0 Å². The molecule has 0 amide bonds. The topological polar surface area (TPSA) is 43.1 Å². The molecular weight excluding hydrogens is 202 g/mol. The minimum Gasteiger partial charge on any atom is -0.451 e. The number of nitrogens with zero attached hydrogens (tertiary/aromatic N) is 1. The van der Waals surface area contributed by atoms with Crippen molar-refractivity contribution >= 4 is 16.9 Å². The van der Waals surface area contributed by atoms with Crippen LogP contribution in [0.2, 0.25) is 0 Å². The average molecular weight is 217 g/mol. The zero-order valence-electron chi connectivity index (χ0n) is 10.00. The van der Waals surface area contributed by atoms with Gasteiger partial charge in [0, 0.05) is 17.2 Å². The van der Waals surface area contributed by atoms with Gasteiger partial charge in [0.1, 0.15) is 5.52 Å². The molecule has 0 radical (unpaired) electrons. The van der Waals surface area contributed by atoms with Crippen molar-refractivity contribution in [2.24, 2.45) is 5.41 Å². The van der Waals surface area contributed by atoms with Gasteiger partial charge in [-0.1, -0.05) is 20.8 Å². The van der Waals surface area contributed by atoms with E-state index in [-0.39, 0.29) is 5.78 Å². The summed E-state index contributed by atoms with van der Waals surface area (Å²) in [6.45, 7) is 7.54. The molecule has 0 aromatic carbocycles. The summed E-state index contributed by atoms with van der Waals surface area (Å²) in [7, 11) is 0. The summed E-state index contributed by atoms with van der Waals surface area (Å²) in [6, 6.07) is 5.43.